The highest BCUT2D eigenvalue weighted by atomic mass is 35.5. The van der Waals surface area contributed by atoms with E-state index in [0.717, 1.165) is 22.5 Å². The lowest BCUT2D eigenvalue weighted by Gasteiger charge is -2.10. The van der Waals surface area contributed by atoms with E-state index in [1.807, 2.05) is 31.3 Å². The number of pyridine rings is 2. The summed E-state index contributed by atoms with van der Waals surface area (Å²) in [5, 5.41) is 11.3. The van der Waals surface area contributed by atoms with Crippen LogP contribution in [-0.4, -0.2) is 21.7 Å². The van der Waals surface area contributed by atoms with Gasteiger partial charge >= 0.3 is 0 Å². The van der Waals surface area contributed by atoms with Crippen molar-refractivity contribution in [1.29, 1.82) is 0 Å². The van der Waals surface area contributed by atoms with Crippen LogP contribution in [0.25, 0.3) is 21.3 Å². The molecule has 0 aliphatic heterocycles. The third-order valence-corrected chi connectivity index (χ3v) is 6.20. The summed E-state index contributed by atoms with van der Waals surface area (Å²) in [6.45, 7) is 2.14. The zero-order chi connectivity index (χ0) is 18.8. The van der Waals surface area contributed by atoms with E-state index in [1.165, 1.54) is 15.0 Å². The molecule has 0 unspecified atom stereocenters. The number of thiophene rings is 1. The molecule has 27 heavy (non-hydrogen) atoms. The predicted octanol–water partition coefficient (Wildman–Crippen LogP) is 5.70. The van der Waals surface area contributed by atoms with Crippen LogP contribution in [0.4, 0.5) is 0 Å². The Balaban J connectivity index is 1.75. The average molecular weight is 395 g/mol. The van der Waals surface area contributed by atoms with Crippen molar-refractivity contribution in [3.05, 3.63) is 82.1 Å². The Morgan fingerprint density at radius 3 is 2.78 bits per heavy atom. The molecule has 0 spiro atoms. The molecule has 1 N–H and O–H groups in total. The average Bonchev–Trinajstić information content (AvgIpc) is 3.11. The van der Waals surface area contributed by atoms with Crippen molar-refractivity contribution >= 4 is 33.0 Å². The lowest BCUT2D eigenvalue weighted by Crippen LogP contribution is -1.99. The van der Waals surface area contributed by atoms with Crippen molar-refractivity contribution in [3.8, 4) is 11.3 Å². The van der Waals surface area contributed by atoms with Crippen LogP contribution >= 0.6 is 22.9 Å². The SMILES string of the molecule is C[C@H](CO)c1ccnc(-c2cccc3cc(Cc4ncccc4Cl)sc23)c1. The van der Waals surface area contributed by atoms with Gasteiger partial charge < -0.3 is 5.11 Å². The minimum Gasteiger partial charge on any atom is -0.396 e. The molecule has 0 saturated heterocycles. The van der Waals surface area contributed by atoms with Crippen LogP contribution in [0, 0.1) is 0 Å². The normalized spacial score (nSPS) is 12.4. The molecule has 1 atom stereocenters. The van der Waals surface area contributed by atoms with E-state index in [0.29, 0.717) is 11.4 Å². The van der Waals surface area contributed by atoms with Crippen LogP contribution < -0.4 is 0 Å². The van der Waals surface area contributed by atoms with Gasteiger partial charge in [-0.2, -0.15) is 0 Å². The quantitative estimate of drug-likeness (QED) is 0.472. The largest absolute Gasteiger partial charge is 0.396 e. The first-order chi connectivity index (χ1) is 13.2. The Morgan fingerprint density at radius 1 is 1.07 bits per heavy atom. The van der Waals surface area contributed by atoms with E-state index < -0.39 is 0 Å². The first-order valence-corrected chi connectivity index (χ1v) is 10.0. The summed E-state index contributed by atoms with van der Waals surface area (Å²) in [7, 11) is 0. The van der Waals surface area contributed by atoms with E-state index in [9.17, 15) is 5.11 Å². The molecular formula is C22H19ClN2OS. The molecule has 3 nitrogen and oxygen atoms in total. The van der Waals surface area contributed by atoms with Crippen LogP contribution in [0.1, 0.15) is 29.0 Å². The first kappa shape index (κ1) is 18.1. The van der Waals surface area contributed by atoms with Crippen molar-refractivity contribution < 1.29 is 5.11 Å². The number of halogens is 1. The highest BCUT2D eigenvalue weighted by molar-refractivity contribution is 7.19. The number of fused-ring (bicyclic) bond motifs is 1. The van der Waals surface area contributed by atoms with Gasteiger partial charge in [0.2, 0.25) is 0 Å². The lowest BCUT2D eigenvalue weighted by atomic mass is 10.0. The summed E-state index contributed by atoms with van der Waals surface area (Å²) in [6.07, 6.45) is 4.31. The number of hydrogen-bond donors (Lipinski definition) is 1. The monoisotopic (exact) mass is 394 g/mol. The van der Waals surface area contributed by atoms with Crippen LogP contribution in [0.15, 0.2) is 60.9 Å². The van der Waals surface area contributed by atoms with Gasteiger partial charge in [0, 0.05) is 46.5 Å². The first-order valence-electron chi connectivity index (χ1n) is 8.83. The molecule has 136 valence electrons. The van der Waals surface area contributed by atoms with Crippen molar-refractivity contribution in [2.45, 2.75) is 19.3 Å². The van der Waals surface area contributed by atoms with Gasteiger partial charge in [-0.15, -0.1) is 11.3 Å². The molecule has 0 radical (unpaired) electrons. The molecule has 0 aliphatic carbocycles. The predicted molar refractivity (Wildman–Crippen MR) is 113 cm³/mol. The molecule has 0 saturated carbocycles. The zero-order valence-corrected chi connectivity index (χ0v) is 16.5. The van der Waals surface area contributed by atoms with Crippen LogP contribution in [0.3, 0.4) is 0 Å². The summed E-state index contributed by atoms with van der Waals surface area (Å²) in [5.74, 6) is 0.0937. The van der Waals surface area contributed by atoms with Gasteiger partial charge in [0.25, 0.3) is 0 Å². The van der Waals surface area contributed by atoms with E-state index >= 15 is 0 Å². The van der Waals surface area contributed by atoms with Gasteiger partial charge in [-0.3, -0.25) is 9.97 Å². The summed E-state index contributed by atoms with van der Waals surface area (Å²) in [5.41, 5.74) is 4.03. The van der Waals surface area contributed by atoms with Gasteiger partial charge in [0.1, 0.15) is 0 Å². The van der Waals surface area contributed by atoms with Gasteiger partial charge in [0.05, 0.1) is 16.4 Å². The van der Waals surface area contributed by atoms with E-state index in [-0.39, 0.29) is 12.5 Å². The number of aromatic nitrogens is 2. The maximum Gasteiger partial charge on any atom is 0.0719 e. The van der Waals surface area contributed by atoms with E-state index in [2.05, 4.69) is 40.3 Å². The van der Waals surface area contributed by atoms with Crippen molar-refractivity contribution in [1.82, 2.24) is 9.97 Å². The molecule has 0 fully saturated rings. The number of rotatable bonds is 5. The molecule has 3 heterocycles. The van der Waals surface area contributed by atoms with Gasteiger partial charge in [-0.05, 0) is 41.3 Å². The number of nitrogens with zero attached hydrogens (tertiary/aromatic N) is 2. The Kier molecular flexibility index (Phi) is 5.21. The zero-order valence-electron chi connectivity index (χ0n) is 14.9. The van der Waals surface area contributed by atoms with E-state index in [4.69, 9.17) is 11.6 Å². The minimum atomic E-state index is 0.0937. The smallest absolute Gasteiger partial charge is 0.0719 e. The third kappa shape index (κ3) is 3.74. The van der Waals surface area contributed by atoms with Gasteiger partial charge in [0.15, 0.2) is 0 Å². The summed E-state index contributed by atoms with van der Waals surface area (Å²) < 4.78 is 1.21. The third-order valence-electron chi connectivity index (χ3n) is 4.67. The topological polar surface area (TPSA) is 46.0 Å². The summed E-state index contributed by atoms with van der Waals surface area (Å²) in [6, 6.07) is 16.3. The molecule has 0 amide bonds. The fourth-order valence-corrected chi connectivity index (χ4v) is 4.50. The molecular weight excluding hydrogens is 376 g/mol. The minimum absolute atomic E-state index is 0.0937. The van der Waals surface area contributed by atoms with Crippen molar-refractivity contribution in [2.24, 2.45) is 0 Å². The van der Waals surface area contributed by atoms with E-state index in [1.54, 1.807) is 17.5 Å². The molecule has 0 bridgehead atoms. The Morgan fingerprint density at radius 2 is 1.96 bits per heavy atom. The second kappa shape index (κ2) is 7.77. The number of benzene rings is 1. The summed E-state index contributed by atoms with van der Waals surface area (Å²) >= 11 is 8.03. The summed E-state index contributed by atoms with van der Waals surface area (Å²) in [4.78, 5) is 10.2. The number of aliphatic hydroxyl groups is 1. The Labute approximate surface area is 167 Å². The molecule has 3 aromatic heterocycles. The highest BCUT2D eigenvalue weighted by Gasteiger charge is 2.13. The second-order valence-corrected chi connectivity index (χ2v) is 8.15. The van der Waals surface area contributed by atoms with Gasteiger partial charge in [-0.1, -0.05) is 36.7 Å². The fourth-order valence-electron chi connectivity index (χ4n) is 3.12. The second-order valence-electron chi connectivity index (χ2n) is 6.60. The maximum atomic E-state index is 9.45. The maximum absolute atomic E-state index is 9.45. The Bertz CT molecular complexity index is 1090. The lowest BCUT2D eigenvalue weighted by molar-refractivity contribution is 0.273. The molecule has 5 heteroatoms. The standard InChI is InChI=1S/C22H19ClN2OS/c1-14(13-26)15-7-9-25-20(11-15)18-5-2-4-16-10-17(27-22(16)18)12-21-19(23)6-3-8-24-21/h2-11,14,26H,12-13H2,1H3/t14-/m1/s1. The fraction of sp³-hybridized carbons (Fsp3) is 0.182. The van der Waals surface area contributed by atoms with Gasteiger partial charge in [-0.25, -0.2) is 0 Å². The van der Waals surface area contributed by atoms with Crippen LogP contribution in [0.2, 0.25) is 5.02 Å². The van der Waals surface area contributed by atoms with Crippen molar-refractivity contribution in [2.75, 3.05) is 6.61 Å². The number of aliphatic hydroxyl groups excluding tert-OH is 1. The molecule has 4 rings (SSSR count). The highest BCUT2D eigenvalue weighted by Crippen LogP contribution is 2.36. The van der Waals surface area contributed by atoms with Crippen molar-refractivity contribution in [3.63, 3.8) is 0 Å². The molecule has 4 aromatic rings. The van der Waals surface area contributed by atoms with Crippen LogP contribution in [0.5, 0.6) is 0 Å². The van der Waals surface area contributed by atoms with Crippen LogP contribution in [-0.2, 0) is 6.42 Å². The number of hydrogen-bond acceptors (Lipinski definition) is 4. The Hall–Kier alpha value is -2.27. The molecule has 0 aliphatic rings. The molecule has 1 aromatic carbocycles.